The zero-order chi connectivity index (χ0) is 17.8. The zero-order valence-corrected chi connectivity index (χ0v) is 14.8. The maximum atomic E-state index is 12.8. The fourth-order valence-corrected chi connectivity index (χ4v) is 3.53. The Morgan fingerprint density at radius 1 is 1.12 bits per heavy atom. The van der Waals surface area contributed by atoms with Crippen molar-refractivity contribution in [2.24, 2.45) is 11.7 Å². The lowest BCUT2D eigenvalue weighted by Gasteiger charge is -2.37. The Hall–Kier alpha value is -1.92. The second kappa shape index (κ2) is 7.97. The molecule has 6 nitrogen and oxygen atoms in total. The molecule has 3 atom stereocenters. The van der Waals surface area contributed by atoms with Crippen LogP contribution < -0.4 is 5.73 Å². The molecule has 0 saturated carbocycles. The van der Waals surface area contributed by atoms with Crippen LogP contribution in [-0.4, -0.2) is 60.5 Å². The molecule has 1 aromatic rings. The first-order valence-electron chi connectivity index (χ1n) is 9.07. The number of amides is 2. The first kappa shape index (κ1) is 17.9. The maximum absolute atomic E-state index is 12.8. The molecule has 2 aliphatic rings. The number of ether oxygens (including phenoxy) is 1. The molecule has 3 rings (SSSR count). The van der Waals surface area contributed by atoms with Crippen molar-refractivity contribution in [2.45, 2.75) is 31.9 Å². The predicted molar refractivity (Wildman–Crippen MR) is 94.7 cm³/mol. The monoisotopic (exact) mass is 345 g/mol. The van der Waals surface area contributed by atoms with E-state index in [4.69, 9.17) is 10.5 Å². The minimum atomic E-state index is -0.319. The second-order valence-electron chi connectivity index (χ2n) is 6.88. The van der Waals surface area contributed by atoms with Crippen LogP contribution in [-0.2, 0) is 14.3 Å². The summed E-state index contributed by atoms with van der Waals surface area (Å²) in [5.74, 6) is -0.165. The minimum Gasteiger partial charge on any atom is -0.368 e. The molecule has 2 fully saturated rings. The van der Waals surface area contributed by atoms with Gasteiger partial charge in [0.15, 0.2) is 0 Å². The van der Waals surface area contributed by atoms with E-state index in [1.807, 2.05) is 47.1 Å². The van der Waals surface area contributed by atoms with Crippen molar-refractivity contribution in [3.63, 3.8) is 0 Å². The number of hydrogen-bond donors (Lipinski definition) is 1. The fraction of sp³-hybridized carbons (Fsp3) is 0.579. The summed E-state index contributed by atoms with van der Waals surface area (Å²) in [5.41, 5.74) is 7.24. The summed E-state index contributed by atoms with van der Waals surface area (Å²) in [6.07, 6.45) is 1.47. The van der Waals surface area contributed by atoms with Gasteiger partial charge in [-0.1, -0.05) is 37.3 Å². The normalized spacial score (nSPS) is 23.4. The summed E-state index contributed by atoms with van der Waals surface area (Å²) in [5, 5.41) is 0. The zero-order valence-electron chi connectivity index (χ0n) is 14.8. The van der Waals surface area contributed by atoms with Crippen LogP contribution in [0, 0.1) is 5.92 Å². The van der Waals surface area contributed by atoms with Crippen molar-refractivity contribution in [1.82, 2.24) is 9.80 Å². The van der Waals surface area contributed by atoms with Crippen molar-refractivity contribution in [3.8, 4) is 0 Å². The van der Waals surface area contributed by atoms with Gasteiger partial charge in [-0.15, -0.1) is 0 Å². The Labute approximate surface area is 148 Å². The molecule has 2 heterocycles. The number of rotatable bonds is 4. The lowest BCUT2D eigenvalue weighted by atomic mass is 9.94. The van der Waals surface area contributed by atoms with Crippen LogP contribution in [0.25, 0.3) is 0 Å². The van der Waals surface area contributed by atoms with Crippen molar-refractivity contribution in [3.05, 3.63) is 35.9 Å². The molecular formula is C19H27N3O3. The Morgan fingerprint density at radius 2 is 1.76 bits per heavy atom. The number of hydrogen-bond acceptors (Lipinski definition) is 4. The van der Waals surface area contributed by atoms with Gasteiger partial charge in [0.2, 0.25) is 5.91 Å². The lowest BCUT2D eigenvalue weighted by Crippen LogP contribution is -2.54. The smallest absolute Gasteiger partial charge is 0.251 e. The summed E-state index contributed by atoms with van der Waals surface area (Å²) in [7, 11) is 0. The highest BCUT2D eigenvalue weighted by molar-refractivity contribution is 5.82. The number of benzene rings is 1. The topological polar surface area (TPSA) is 75.9 Å². The van der Waals surface area contributed by atoms with Crippen LogP contribution in [0.3, 0.4) is 0 Å². The first-order chi connectivity index (χ1) is 12.1. The summed E-state index contributed by atoms with van der Waals surface area (Å²) in [6, 6.07) is 9.39. The number of nitrogens with zero attached hydrogens (tertiary/aromatic N) is 2. The van der Waals surface area contributed by atoms with E-state index in [-0.39, 0.29) is 29.9 Å². The van der Waals surface area contributed by atoms with Crippen LogP contribution in [0.4, 0.5) is 0 Å². The fourth-order valence-electron chi connectivity index (χ4n) is 3.53. The van der Waals surface area contributed by atoms with E-state index in [1.54, 1.807) is 0 Å². The van der Waals surface area contributed by atoms with E-state index < -0.39 is 0 Å². The molecule has 0 aliphatic carbocycles. The third-order valence-corrected chi connectivity index (χ3v) is 5.22. The third kappa shape index (κ3) is 4.02. The van der Waals surface area contributed by atoms with Gasteiger partial charge in [-0.05, 0) is 18.4 Å². The Morgan fingerprint density at radius 3 is 2.36 bits per heavy atom. The van der Waals surface area contributed by atoms with Crippen molar-refractivity contribution >= 4 is 11.8 Å². The summed E-state index contributed by atoms with van der Waals surface area (Å²) >= 11 is 0. The van der Waals surface area contributed by atoms with Gasteiger partial charge >= 0.3 is 0 Å². The van der Waals surface area contributed by atoms with Gasteiger partial charge in [0, 0.05) is 38.8 Å². The molecule has 6 heteroatoms. The molecule has 2 saturated heterocycles. The Balaban J connectivity index is 1.53. The summed E-state index contributed by atoms with van der Waals surface area (Å²) in [6.45, 7) is 4.80. The molecule has 0 spiro atoms. The van der Waals surface area contributed by atoms with Crippen molar-refractivity contribution in [2.75, 3.05) is 32.8 Å². The molecule has 0 bridgehead atoms. The Kier molecular flexibility index (Phi) is 5.71. The number of carbonyl (C=O) groups excluding carboxylic acids is 2. The van der Waals surface area contributed by atoms with E-state index in [0.717, 1.165) is 18.4 Å². The largest absolute Gasteiger partial charge is 0.368 e. The van der Waals surface area contributed by atoms with Crippen LogP contribution in [0.15, 0.2) is 30.3 Å². The highest BCUT2D eigenvalue weighted by atomic mass is 16.5. The maximum Gasteiger partial charge on any atom is 0.251 e. The molecule has 0 radical (unpaired) electrons. The highest BCUT2D eigenvalue weighted by Crippen LogP contribution is 2.22. The highest BCUT2D eigenvalue weighted by Gasteiger charge is 2.33. The lowest BCUT2D eigenvalue weighted by molar-refractivity contribution is -0.147. The second-order valence-corrected chi connectivity index (χ2v) is 6.88. The van der Waals surface area contributed by atoms with E-state index in [2.05, 4.69) is 0 Å². The predicted octanol–water partition coefficient (Wildman–Crippen LogP) is 1.17. The standard InChI is InChI=1S/C19H27N3O3/c1-14(17(20)15-6-3-2-4-7-15)18(23)21-9-11-22(12-10-21)19(24)16-8-5-13-25-16/h2-4,6-7,14,16-17H,5,8-13,20H2,1H3. The van der Waals surface area contributed by atoms with E-state index in [9.17, 15) is 9.59 Å². The van der Waals surface area contributed by atoms with E-state index in [0.29, 0.717) is 32.8 Å². The van der Waals surface area contributed by atoms with Crippen molar-refractivity contribution < 1.29 is 14.3 Å². The average molecular weight is 345 g/mol. The quantitative estimate of drug-likeness (QED) is 0.889. The molecule has 2 N–H and O–H groups in total. The Bertz CT molecular complexity index is 593. The molecule has 0 aromatic heterocycles. The number of piperazine rings is 1. The van der Waals surface area contributed by atoms with E-state index >= 15 is 0 Å². The number of carbonyl (C=O) groups is 2. The number of nitrogens with two attached hydrogens (primary N) is 1. The molecule has 1 aromatic carbocycles. The minimum absolute atomic E-state index is 0.0561. The molecule has 2 amide bonds. The van der Waals surface area contributed by atoms with Gasteiger partial charge in [0.1, 0.15) is 6.10 Å². The van der Waals surface area contributed by atoms with E-state index in [1.165, 1.54) is 0 Å². The van der Waals surface area contributed by atoms with Crippen LogP contribution in [0.1, 0.15) is 31.4 Å². The molecule has 3 unspecified atom stereocenters. The molecule has 2 aliphatic heterocycles. The van der Waals surface area contributed by atoms with Gasteiger partial charge in [-0.3, -0.25) is 9.59 Å². The molecule has 25 heavy (non-hydrogen) atoms. The first-order valence-corrected chi connectivity index (χ1v) is 9.07. The van der Waals surface area contributed by atoms with Crippen molar-refractivity contribution in [1.29, 1.82) is 0 Å². The summed E-state index contributed by atoms with van der Waals surface area (Å²) < 4.78 is 5.47. The average Bonchev–Trinajstić information content (AvgIpc) is 3.21. The van der Waals surface area contributed by atoms with Crippen LogP contribution in [0.5, 0.6) is 0 Å². The SMILES string of the molecule is CC(C(=O)N1CCN(C(=O)C2CCCO2)CC1)C(N)c1ccccc1. The molecular weight excluding hydrogens is 318 g/mol. The van der Waals surface area contributed by atoms with Gasteiger partial charge in [0.25, 0.3) is 5.91 Å². The van der Waals surface area contributed by atoms with Gasteiger partial charge < -0.3 is 20.3 Å². The third-order valence-electron chi connectivity index (χ3n) is 5.22. The molecule has 136 valence electrons. The summed E-state index contributed by atoms with van der Waals surface area (Å²) in [4.78, 5) is 28.8. The van der Waals surface area contributed by atoms with Gasteiger partial charge in [-0.25, -0.2) is 0 Å². The van der Waals surface area contributed by atoms with Crippen LogP contribution >= 0.6 is 0 Å². The van der Waals surface area contributed by atoms with Gasteiger partial charge in [0.05, 0.1) is 5.92 Å². The van der Waals surface area contributed by atoms with Crippen LogP contribution in [0.2, 0.25) is 0 Å². The van der Waals surface area contributed by atoms with Gasteiger partial charge in [-0.2, -0.15) is 0 Å².